The highest BCUT2D eigenvalue weighted by Crippen LogP contribution is 2.20. The number of amides is 1. The summed E-state index contributed by atoms with van der Waals surface area (Å²) in [5.41, 5.74) is 1.39. The van der Waals surface area contributed by atoms with Gasteiger partial charge in [-0.3, -0.25) is 4.79 Å². The lowest BCUT2D eigenvalue weighted by molar-refractivity contribution is 0.0821. The van der Waals surface area contributed by atoms with Crippen LogP contribution in [0.3, 0.4) is 0 Å². The van der Waals surface area contributed by atoms with E-state index < -0.39 is 0 Å². The first kappa shape index (κ1) is 15.0. The number of nitrogens with zero attached hydrogens (tertiary/aromatic N) is 5. The van der Waals surface area contributed by atoms with Gasteiger partial charge in [-0.05, 0) is 12.5 Å². The largest absolute Gasteiger partial charge is 0.373 e. The summed E-state index contributed by atoms with van der Waals surface area (Å²) < 4.78 is 1.63. The average Bonchev–Trinajstić information content (AvgIpc) is 2.96. The van der Waals surface area contributed by atoms with Crippen LogP contribution in [0.15, 0.2) is 18.6 Å². The molecule has 0 bridgehead atoms. The van der Waals surface area contributed by atoms with E-state index in [1.165, 1.54) is 11.2 Å². The van der Waals surface area contributed by atoms with E-state index in [2.05, 4.69) is 27.3 Å². The van der Waals surface area contributed by atoms with Gasteiger partial charge >= 0.3 is 0 Å². The zero-order valence-corrected chi connectivity index (χ0v) is 12.8. The fourth-order valence-electron chi connectivity index (χ4n) is 2.08. The third-order valence-corrected chi connectivity index (χ3v) is 3.09. The van der Waals surface area contributed by atoms with Crippen LogP contribution in [0.2, 0.25) is 0 Å². The van der Waals surface area contributed by atoms with Crippen LogP contribution < -0.4 is 5.32 Å². The summed E-state index contributed by atoms with van der Waals surface area (Å²) in [5, 5.41) is 7.40. The summed E-state index contributed by atoms with van der Waals surface area (Å²) in [6, 6.07) is 1.69. The first-order chi connectivity index (χ1) is 10.1. The Balaban J connectivity index is 2.45. The van der Waals surface area contributed by atoms with Crippen molar-refractivity contribution in [3.8, 4) is 5.82 Å². The van der Waals surface area contributed by atoms with Crippen LogP contribution in [0, 0.1) is 0 Å². The molecule has 0 saturated heterocycles. The fraction of sp³-hybridized carbons (Fsp3) is 0.429. The quantitative estimate of drug-likeness (QED) is 0.899. The molecule has 2 heterocycles. The van der Waals surface area contributed by atoms with E-state index in [0.717, 1.165) is 24.2 Å². The van der Waals surface area contributed by atoms with Crippen molar-refractivity contribution in [2.45, 2.75) is 19.8 Å². The molecule has 0 aliphatic heterocycles. The van der Waals surface area contributed by atoms with Crippen LogP contribution in [-0.4, -0.2) is 51.7 Å². The molecule has 2 rings (SSSR count). The van der Waals surface area contributed by atoms with Gasteiger partial charge < -0.3 is 10.2 Å². The van der Waals surface area contributed by atoms with Crippen LogP contribution in [-0.2, 0) is 6.42 Å². The molecule has 0 aromatic carbocycles. The normalized spacial score (nSPS) is 10.5. The SMILES string of the molecule is CCCc1c(NC)ncnc1-n1ccc(C(=O)N(C)C)n1. The fourth-order valence-corrected chi connectivity index (χ4v) is 2.08. The zero-order valence-electron chi connectivity index (χ0n) is 12.8. The first-order valence-electron chi connectivity index (χ1n) is 6.87. The average molecular weight is 288 g/mol. The Bertz CT molecular complexity index is 634. The summed E-state index contributed by atoms with van der Waals surface area (Å²) in [7, 11) is 5.23. The number of rotatable bonds is 5. The van der Waals surface area contributed by atoms with E-state index in [9.17, 15) is 4.79 Å². The molecule has 21 heavy (non-hydrogen) atoms. The predicted octanol–water partition coefficient (Wildman–Crippen LogP) is 1.36. The molecule has 7 nitrogen and oxygen atoms in total. The number of nitrogens with one attached hydrogen (secondary N) is 1. The Kier molecular flexibility index (Phi) is 4.52. The summed E-state index contributed by atoms with van der Waals surface area (Å²) in [4.78, 5) is 22.0. The monoisotopic (exact) mass is 288 g/mol. The number of hydrogen-bond acceptors (Lipinski definition) is 5. The zero-order chi connectivity index (χ0) is 15.4. The Morgan fingerprint density at radius 1 is 1.38 bits per heavy atom. The van der Waals surface area contributed by atoms with Gasteiger partial charge in [0.25, 0.3) is 5.91 Å². The van der Waals surface area contributed by atoms with E-state index in [1.807, 2.05) is 7.05 Å². The van der Waals surface area contributed by atoms with Crippen LogP contribution in [0.5, 0.6) is 0 Å². The third-order valence-electron chi connectivity index (χ3n) is 3.09. The second kappa shape index (κ2) is 6.34. The molecule has 1 N–H and O–H groups in total. The van der Waals surface area contributed by atoms with Crippen molar-refractivity contribution < 1.29 is 4.79 Å². The van der Waals surface area contributed by atoms with Crippen molar-refractivity contribution in [3.05, 3.63) is 29.8 Å². The van der Waals surface area contributed by atoms with E-state index >= 15 is 0 Å². The molecular weight excluding hydrogens is 268 g/mol. The lowest BCUT2D eigenvalue weighted by Crippen LogP contribution is -2.22. The van der Waals surface area contributed by atoms with Gasteiger partial charge in [0.1, 0.15) is 12.1 Å². The molecule has 112 valence electrons. The van der Waals surface area contributed by atoms with Gasteiger partial charge in [-0.2, -0.15) is 5.10 Å². The molecule has 0 aliphatic rings. The topological polar surface area (TPSA) is 75.9 Å². The molecule has 2 aromatic rings. The Labute approximate surface area is 124 Å². The number of hydrogen-bond donors (Lipinski definition) is 1. The molecule has 1 amide bonds. The predicted molar refractivity (Wildman–Crippen MR) is 80.7 cm³/mol. The molecule has 0 radical (unpaired) electrons. The summed E-state index contributed by atoms with van der Waals surface area (Å²) in [6.45, 7) is 2.10. The highest BCUT2D eigenvalue weighted by molar-refractivity contribution is 5.91. The summed E-state index contributed by atoms with van der Waals surface area (Å²) in [6.07, 6.45) is 5.05. The van der Waals surface area contributed by atoms with Gasteiger partial charge in [0.2, 0.25) is 0 Å². The van der Waals surface area contributed by atoms with Crippen LogP contribution in [0.25, 0.3) is 5.82 Å². The van der Waals surface area contributed by atoms with E-state index in [0.29, 0.717) is 11.5 Å². The molecule has 0 saturated carbocycles. The van der Waals surface area contributed by atoms with Crippen molar-refractivity contribution in [2.75, 3.05) is 26.5 Å². The smallest absolute Gasteiger partial charge is 0.273 e. The highest BCUT2D eigenvalue weighted by atomic mass is 16.2. The van der Waals surface area contributed by atoms with Gasteiger partial charge in [-0.15, -0.1) is 0 Å². The van der Waals surface area contributed by atoms with E-state index in [4.69, 9.17) is 0 Å². The van der Waals surface area contributed by atoms with E-state index in [1.54, 1.807) is 31.0 Å². The molecule has 0 unspecified atom stereocenters. The van der Waals surface area contributed by atoms with Gasteiger partial charge in [0.15, 0.2) is 11.5 Å². The van der Waals surface area contributed by atoms with Gasteiger partial charge in [0.05, 0.1) is 0 Å². The molecular formula is C14H20N6O. The molecule has 0 aliphatic carbocycles. The minimum absolute atomic E-state index is 0.131. The molecule has 0 fully saturated rings. The van der Waals surface area contributed by atoms with Crippen LogP contribution in [0.4, 0.5) is 5.82 Å². The van der Waals surface area contributed by atoms with Crippen molar-refractivity contribution in [1.82, 2.24) is 24.6 Å². The molecule has 2 aromatic heterocycles. The maximum atomic E-state index is 11.9. The Morgan fingerprint density at radius 2 is 2.14 bits per heavy atom. The molecule has 7 heteroatoms. The number of anilines is 1. The van der Waals surface area contributed by atoms with Crippen molar-refractivity contribution in [1.29, 1.82) is 0 Å². The van der Waals surface area contributed by atoms with Gasteiger partial charge in [0, 0.05) is 32.9 Å². The third kappa shape index (κ3) is 3.01. The van der Waals surface area contributed by atoms with Crippen molar-refractivity contribution in [2.24, 2.45) is 0 Å². The second-order valence-electron chi connectivity index (χ2n) is 4.87. The molecule has 0 spiro atoms. The maximum absolute atomic E-state index is 11.9. The van der Waals surface area contributed by atoms with E-state index in [-0.39, 0.29) is 5.91 Å². The Morgan fingerprint density at radius 3 is 2.76 bits per heavy atom. The Hall–Kier alpha value is -2.44. The lowest BCUT2D eigenvalue weighted by atomic mass is 10.1. The van der Waals surface area contributed by atoms with Gasteiger partial charge in [-0.1, -0.05) is 13.3 Å². The number of carbonyl (C=O) groups is 1. The molecule has 0 atom stereocenters. The maximum Gasteiger partial charge on any atom is 0.273 e. The standard InChI is InChI=1S/C14H20N6O/c1-5-6-10-12(15-2)16-9-17-13(10)20-8-7-11(18-20)14(21)19(3)4/h7-9H,5-6H2,1-4H3,(H,15,16,17). The first-order valence-corrected chi connectivity index (χ1v) is 6.87. The summed E-state index contributed by atoms with van der Waals surface area (Å²) >= 11 is 0. The second-order valence-corrected chi connectivity index (χ2v) is 4.87. The summed E-state index contributed by atoms with van der Waals surface area (Å²) in [5.74, 6) is 1.36. The number of aromatic nitrogens is 4. The minimum Gasteiger partial charge on any atom is -0.373 e. The van der Waals surface area contributed by atoms with Crippen molar-refractivity contribution >= 4 is 11.7 Å². The highest BCUT2D eigenvalue weighted by Gasteiger charge is 2.16. The lowest BCUT2D eigenvalue weighted by Gasteiger charge is -2.12. The number of carbonyl (C=O) groups excluding carboxylic acids is 1. The minimum atomic E-state index is -0.131. The van der Waals surface area contributed by atoms with Crippen molar-refractivity contribution in [3.63, 3.8) is 0 Å². The van der Waals surface area contributed by atoms with Crippen LogP contribution in [0.1, 0.15) is 29.4 Å². The van der Waals surface area contributed by atoms with Gasteiger partial charge in [-0.25, -0.2) is 14.6 Å². The van der Waals surface area contributed by atoms with Crippen LogP contribution >= 0.6 is 0 Å².